The van der Waals surface area contributed by atoms with E-state index >= 15 is 0 Å². The molecule has 0 aromatic heterocycles. The molecule has 1 aromatic carbocycles. The predicted octanol–water partition coefficient (Wildman–Crippen LogP) is 2.47. The van der Waals surface area contributed by atoms with Crippen LogP contribution in [0.4, 0.5) is 0 Å². The van der Waals surface area contributed by atoms with Crippen molar-refractivity contribution in [2.24, 2.45) is 0 Å². The van der Waals surface area contributed by atoms with Crippen molar-refractivity contribution in [1.29, 1.82) is 0 Å². The molecule has 0 bridgehead atoms. The minimum atomic E-state index is -0.574. The van der Waals surface area contributed by atoms with Crippen LogP contribution in [0.1, 0.15) is 19.4 Å². The summed E-state index contributed by atoms with van der Waals surface area (Å²) in [7, 11) is 0. The van der Waals surface area contributed by atoms with Crippen LogP contribution >= 0.6 is 24.0 Å². The van der Waals surface area contributed by atoms with Gasteiger partial charge in [-0.05, 0) is 25.5 Å². The topological polar surface area (TPSA) is 32.3 Å². The zero-order chi connectivity index (χ0) is 13.2. The van der Waals surface area contributed by atoms with Gasteiger partial charge < -0.3 is 10.2 Å². The molecule has 0 saturated carbocycles. The van der Waals surface area contributed by atoms with Crippen molar-refractivity contribution >= 4 is 29.9 Å². The number of piperazine rings is 1. The lowest BCUT2D eigenvalue weighted by molar-refractivity contribution is -0.136. The van der Waals surface area contributed by atoms with Gasteiger partial charge in [0.15, 0.2) is 0 Å². The molecule has 0 radical (unpaired) electrons. The van der Waals surface area contributed by atoms with Gasteiger partial charge in [-0.2, -0.15) is 0 Å². The molecular formula is C14H20Cl2N2O. The Bertz CT molecular complexity index is 443. The molecule has 1 saturated heterocycles. The van der Waals surface area contributed by atoms with E-state index in [4.69, 9.17) is 11.6 Å². The van der Waals surface area contributed by atoms with E-state index in [0.29, 0.717) is 5.02 Å². The standard InChI is InChI=1S/C14H19ClN2O.ClH/c1-14(2,11-5-3-4-6-12(11)15)13(18)17-9-7-16-8-10-17;/h3-6,16H,7-10H2,1-2H3;1H. The summed E-state index contributed by atoms with van der Waals surface area (Å²) >= 11 is 6.21. The first kappa shape index (κ1) is 16.3. The molecule has 5 heteroatoms. The molecule has 0 unspecified atom stereocenters. The lowest BCUT2D eigenvalue weighted by Gasteiger charge is -2.35. The molecule has 1 aromatic rings. The summed E-state index contributed by atoms with van der Waals surface area (Å²) in [5.74, 6) is 0.150. The first-order valence-electron chi connectivity index (χ1n) is 6.28. The molecule has 19 heavy (non-hydrogen) atoms. The van der Waals surface area contributed by atoms with Crippen LogP contribution in [-0.2, 0) is 10.2 Å². The number of carbonyl (C=O) groups excluding carboxylic acids is 1. The van der Waals surface area contributed by atoms with Gasteiger partial charge >= 0.3 is 0 Å². The van der Waals surface area contributed by atoms with E-state index in [1.807, 2.05) is 43.0 Å². The number of hydrogen-bond acceptors (Lipinski definition) is 2. The van der Waals surface area contributed by atoms with Crippen molar-refractivity contribution < 1.29 is 4.79 Å². The van der Waals surface area contributed by atoms with E-state index in [1.165, 1.54) is 0 Å². The number of nitrogens with one attached hydrogen (secondary N) is 1. The first-order valence-corrected chi connectivity index (χ1v) is 6.66. The van der Waals surface area contributed by atoms with Gasteiger partial charge in [-0.3, -0.25) is 4.79 Å². The number of halogens is 2. The Morgan fingerprint density at radius 1 is 1.26 bits per heavy atom. The maximum atomic E-state index is 12.6. The number of benzene rings is 1. The Kier molecular flexibility index (Phi) is 5.65. The summed E-state index contributed by atoms with van der Waals surface area (Å²) in [6.45, 7) is 7.16. The molecule has 1 fully saturated rings. The van der Waals surface area contributed by atoms with Crippen molar-refractivity contribution in [3.05, 3.63) is 34.9 Å². The van der Waals surface area contributed by atoms with E-state index in [9.17, 15) is 4.79 Å². The highest BCUT2D eigenvalue weighted by atomic mass is 35.5. The molecule has 0 spiro atoms. The average molecular weight is 303 g/mol. The molecule has 1 amide bonds. The van der Waals surface area contributed by atoms with Gasteiger partial charge in [0.05, 0.1) is 5.41 Å². The Hall–Kier alpha value is -0.770. The fourth-order valence-corrected chi connectivity index (χ4v) is 2.72. The highest BCUT2D eigenvalue weighted by Crippen LogP contribution is 2.31. The largest absolute Gasteiger partial charge is 0.339 e. The molecule has 0 atom stereocenters. The number of hydrogen-bond donors (Lipinski definition) is 1. The van der Waals surface area contributed by atoms with Crippen LogP contribution in [0, 0.1) is 0 Å². The van der Waals surface area contributed by atoms with E-state index in [1.54, 1.807) is 0 Å². The van der Waals surface area contributed by atoms with Crippen LogP contribution in [0.2, 0.25) is 5.02 Å². The van der Waals surface area contributed by atoms with Crippen molar-refractivity contribution in [1.82, 2.24) is 10.2 Å². The summed E-state index contributed by atoms with van der Waals surface area (Å²) in [5, 5.41) is 3.91. The molecule has 1 aliphatic heterocycles. The molecule has 106 valence electrons. The minimum absolute atomic E-state index is 0. The average Bonchev–Trinajstić information content (AvgIpc) is 2.39. The molecule has 2 rings (SSSR count). The Morgan fingerprint density at radius 2 is 1.84 bits per heavy atom. The lowest BCUT2D eigenvalue weighted by atomic mass is 9.83. The fourth-order valence-electron chi connectivity index (χ4n) is 2.35. The first-order chi connectivity index (χ1) is 8.53. The van der Waals surface area contributed by atoms with Crippen LogP contribution in [0.3, 0.4) is 0 Å². The quantitative estimate of drug-likeness (QED) is 0.910. The van der Waals surface area contributed by atoms with Crippen LogP contribution in [0.5, 0.6) is 0 Å². The summed E-state index contributed by atoms with van der Waals surface area (Å²) < 4.78 is 0. The third-order valence-corrected chi connectivity index (χ3v) is 3.82. The number of nitrogens with zero attached hydrogens (tertiary/aromatic N) is 1. The van der Waals surface area contributed by atoms with E-state index in [2.05, 4.69) is 5.32 Å². The Labute approximate surface area is 125 Å². The van der Waals surface area contributed by atoms with Crippen molar-refractivity contribution in [3.8, 4) is 0 Å². The Morgan fingerprint density at radius 3 is 2.42 bits per heavy atom. The zero-order valence-electron chi connectivity index (χ0n) is 11.3. The summed E-state index contributed by atoms with van der Waals surface area (Å²) in [4.78, 5) is 14.5. The fraction of sp³-hybridized carbons (Fsp3) is 0.500. The maximum absolute atomic E-state index is 12.6. The van der Waals surface area contributed by atoms with Gasteiger partial charge in [-0.1, -0.05) is 29.8 Å². The Balaban J connectivity index is 0.00000180. The van der Waals surface area contributed by atoms with Crippen molar-refractivity contribution in [3.63, 3.8) is 0 Å². The van der Waals surface area contributed by atoms with Gasteiger partial charge in [0.2, 0.25) is 5.91 Å². The van der Waals surface area contributed by atoms with Gasteiger partial charge in [0, 0.05) is 31.2 Å². The highest BCUT2D eigenvalue weighted by Gasteiger charge is 2.35. The minimum Gasteiger partial charge on any atom is -0.339 e. The van der Waals surface area contributed by atoms with Gasteiger partial charge in [-0.15, -0.1) is 12.4 Å². The van der Waals surface area contributed by atoms with E-state index in [-0.39, 0.29) is 18.3 Å². The second kappa shape index (κ2) is 6.60. The monoisotopic (exact) mass is 302 g/mol. The highest BCUT2D eigenvalue weighted by molar-refractivity contribution is 6.31. The van der Waals surface area contributed by atoms with E-state index < -0.39 is 5.41 Å². The summed E-state index contributed by atoms with van der Waals surface area (Å²) in [5.41, 5.74) is 0.325. The van der Waals surface area contributed by atoms with Gasteiger partial charge in [0.1, 0.15) is 0 Å². The number of carbonyl (C=O) groups is 1. The lowest BCUT2D eigenvalue weighted by Crippen LogP contribution is -2.51. The molecular weight excluding hydrogens is 283 g/mol. The van der Waals surface area contributed by atoms with Crippen LogP contribution in [-0.4, -0.2) is 37.0 Å². The van der Waals surface area contributed by atoms with E-state index in [0.717, 1.165) is 31.7 Å². The van der Waals surface area contributed by atoms with Crippen LogP contribution in [0.25, 0.3) is 0 Å². The zero-order valence-corrected chi connectivity index (χ0v) is 12.9. The molecule has 1 heterocycles. The third-order valence-electron chi connectivity index (χ3n) is 3.49. The SMILES string of the molecule is CC(C)(C(=O)N1CCNCC1)c1ccccc1Cl.Cl. The van der Waals surface area contributed by atoms with Crippen LogP contribution < -0.4 is 5.32 Å². The second-order valence-electron chi connectivity index (χ2n) is 5.15. The molecule has 1 aliphatic rings. The number of rotatable bonds is 2. The molecule has 0 aliphatic carbocycles. The van der Waals surface area contributed by atoms with Crippen molar-refractivity contribution in [2.75, 3.05) is 26.2 Å². The summed E-state index contributed by atoms with van der Waals surface area (Å²) in [6, 6.07) is 7.58. The number of amides is 1. The second-order valence-corrected chi connectivity index (χ2v) is 5.55. The predicted molar refractivity (Wildman–Crippen MR) is 81.2 cm³/mol. The molecule has 3 nitrogen and oxygen atoms in total. The smallest absolute Gasteiger partial charge is 0.232 e. The van der Waals surface area contributed by atoms with Gasteiger partial charge in [-0.25, -0.2) is 0 Å². The van der Waals surface area contributed by atoms with Gasteiger partial charge in [0.25, 0.3) is 0 Å². The maximum Gasteiger partial charge on any atom is 0.232 e. The van der Waals surface area contributed by atoms with Crippen molar-refractivity contribution in [2.45, 2.75) is 19.3 Å². The summed E-state index contributed by atoms with van der Waals surface area (Å²) in [6.07, 6.45) is 0. The third kappa shape index (κ3) is 3.41. The molecule has 1 N–H and O–H groups in total. The normalized spacial score (nSPS) is 15.8. The van der Waals surface area contributed by atoms with Crippen LogP contribution in [0.15, 0.2) is 24.3 Å².